The maximum absolute atomic E-state index is 10.4. The monoisotopic (exact) mass is 248 g/mol. The average Bonchev–Trinajstić information content (AvgIpc) is 2.36. The van der Waals surface area contributed by atoms with E-state index in [4.69, 9.17) is 5.11 Å². The Labute approximate surface area is 108 Å². The SMILES string of the molecule is CCCC(C)N(C)c1ccc(/C=C/C(=O)O)cn1. The van der Waals surface area contributed by atoms with Crippen LogP contribution < -0.4 is 4.90 Å². The predicted molar refractivity (Wildman–Crippen MR) is 73.7 cm³/mol. The molecule has 0 aliphatic carbocycles. The first kappa shape index (κ1) is 14.2. The normalized spacial score (nSPS) is 12.6. The van der Waals surface area contributed by atoms with Crippen LogP contribution in [0.5, 0.6) is 0 Å². The van der Waals surface area contributed by atoms with Gasteiger partial charge in [-0.3, -0.25) is 0 Å². The zero-order chi connectivity index (χ0) is 13.5. The molecule has 0 bridgehead atoms. The molecule has 1 heterocycles. The molecule has 0 aliphatic rings. The van der Waals surface area contributed by atoms with E-state index in [9.17, 15) is 4.79 Å². The summed E-state index contributed by atoms with van der Waals surface area (Å²) in [4.78, 5) is 16.9. The van der Waals surface area contributed by atoms with Crippen LogP contribution in [-0.2, 0) is 4.79 Å². The molecule has 1 atom stereocenters. The minimum Gasteiger partial charge on any atom is -0.478 e. The van der Waals surface area contributed by atoms with E-state index >= 15 is 0 Å². The van der Waals surface area contributed by atoms with Crippen LogP contribution in [0.15, 0.2) is 24.4 Å². The van der Waals surface area contributed by atoms with Gasteiger partial charge < -0.3 is 10.0 Å². The van der Waals surface area contributed by atoms with Crippen molar-refractivity contribution < 1.29 is 9.90 Å². The molecular formula is C14H20N2O2. The van der Waals surface area contributed by atoms with Crippen LogP contribution in [0.1, 0.15) is 32.3 Å². The summed E-state index contributed by atoms with van der Waals surface area (Å²) in [6, 6.07) is 4.23. The fourth-order valence-electron chi connectivity index (χ4n) is 1.71. The van der Waals surface area contributed by atoms with Crippen LogP contribution in [0.25, 0.3) is 6.08 Å². The molecule has 0 aromatic carbocycles. The summed E-state index contributed by atoms with van der Waals surface area (Å²) in [5, 5.41) is 8.53. The van der Waals surface area contributed by atoms with Crippen LogP contribution in [0.3, 0.4) is 0 Å². The van der Waals surface area contributed by atoms with Gasteiger partial charge in [-0.25, -0.2) is 9.78 Å². The molecule has 1 N–H and O–H groups in total. The summed E-state index contributed by atoms with van der Waals surface area (Å²) in [6.45, 7) is 4.33. The third-order valence-corrected chi connectivity index (χ3v) is 2.92. The number of hydrogen-bond donors (Lipinski definition) is 1. The minimum absolute atomic E-state index is 0.447. The summed E-state index contributed by atoms with van der Waals surface area (Å²) in [6.07, 6.45) is 6.60. The lowest BCUT2D eigenvalue weighted by molar-refractivity contribution is -0.131. The number of nitrogens with zero attached hydrogens (tertiary/aromatic N) is 2. The van der Waals surface area contributed by atoms with Crippen molar-refractivity contribution in [1.82, 2.24) is 4.98 Å². The zero-order valence-electron chi connectivity index (χ0n) is 11.1. The van der Waals surface area contributed by atoms with Crippen LogP contribution in [0.2, 0.25) is 0 Å². The third kappa shape index (κ3) is 4.20. The fourth-order valence-corrected chi connectivity index (χ4v) is 1.71. The van der Waals surface area contributed by atoms with E-state index < -0.39 is 5.97 Å². The number of aliphatic carboxylic acids is 1. The molecular weight excluding hydrogens is 228 g/mol. The molecule has 0 fully saturated rings. The Morgan fingerprint density at radius 2 is 2.28 bits per heavy atom. The Morgan fingerprint density at radius 1 is 1.56 bits per heavy atom. The first-order valence-corrected chi connectivity index (χ1v) is 6.14. The Morgan fingerprint density at radius 3 is 2.78 bits per heavy atom. The number of anilines is 1. The molecule has 0 radical (unpaired) electrons. The first-order chi connectivity index (χ1) is 8.54. The van der Waals surface area contributed by atoms with E-state index in [-0.39, 0.29) is 0 Å². The van der Waals surface area contributed by atoms with Crippen molar-refractivity contribution in [2.75, 3.05) is 11.9 Å². The summed E-state index contributed by atoms with van der Waals surface area (Å²) < 4.78 is 0. The molecule has 0 saturated heterocycles. The van der Waals surface area contributed by atoms with E-state index in [1.807, 2.05) is 19.2 Å². The van der Waals surface area contributed by atoms with E-state index in [2.05, 4.69) is 23.7 Å². The molecule has 0 spiro atoms. The van der Waals surface area contributed by atoms with Crippen molar-refractivity contribution in [1.29, 1.82) is 0 Å². The van der Waals surface area contributed by atoms with Crippen molar-refractivity contribution in [3.05, 3.63) is 30.0 Å². The number of hydrogen-bond acceptors (Lipinski definition) is 3. The van der Waals surface area contributed by atoms with Crippen LogP contribution in [0.4, 0.5) is 5.82 Å². The van der Waals surface area contributed by atoms with Gasteiger partial charge in [0.15, 0.2) is 0 Å². The largest absolute Gasteiger partial charge is 0.478 e. The summed E-state index contributed by atoms with van der Waals surface area (Å²) >= 11 is 0. The molecule has 1 aromatic rings. The fraction of sp³-hybridized carbons (Fsp3) is 0.429. The van der Waals surface area contributed by atoms with Gasteiger partial charge in [-0.15, -0.1) is 0 Å². The predicted octanol–water partition coefficient (Wildman–Crippen LogP) is 2.80. The standard InChI is InChI=1S/C14H20N2O2/c1-4-5-11(2)16(3)13-8-6-12(10-15-13)7-9-14(17)18/h6-11H,4-5H2,1-3H3,(H,17,18)/b9-7+. The topological polar surface area (TPSA) is 53.4 Å². The Balaban J connectivity index is 2.73. The lowest BCUT2D eigenvalue weighted by Gasteiger charge is -2.25. The highest BCUT2D eigenvalue weighted by molar-refractivity contribution is 5.85. The van der Waals surface area contributed by atoms with Gasteiger partial charge in [-0.05, 0) is 37.1 Å². The van der Waals surface area contributed by atoms with Gasteiger partial charge in [0.2, 0.25) is 0 Å². The van der Waals surface area contributed by atoms with Gasteiger partial charge >= 0.3 is 5.97 Å². The second-order valence-corrected chi connectivity index (χ2v) is 4.37. The lowest BCUT2D eigenvalue weighted by Crippen LogP contribution is -2.29. The van der Waals surface area contributed by atoms with Gasteiger partial charge in [0.25, 0.3) is 0 Å². The highest BCUT2D eigenvalue weighted by Gasteiger charge is 2.09. The molecule has 18 heavy (non-hydrogen) atoms. The number of carboxylic acid groups (broad SMARTS) is 1. The maximum Gasteiger partial charge on any atom is 0.328 e. The first-order valence-electron chi connectivity index (χ1n) is 6.14. The molecule has 1 aromatic heterocycles. The van der Waals surface area contributed by atoms with Crippen molar-refractivity contribution >= 4 is 17.9 Å². The molecule has 4 heteroatoms. The van der Waals surface area contributed by atoms with E-state index in [1.54, 1.807) is 6.20 Å². The Hall–Kier alpha value is -1.84. The zero-order valence-corrected chi connectivity index (χ0v) is 11.1. The number of rotatable bonds is 6. The van der Waals surface area contributed by atoms with Gasteiger partial charge in [0, 0.05) is 25.4 Å². The van der Waals surface area contributed by atoms with Gasteiger partial charge in [0.05, 0.1) is 0 Å². The second-order valence-electron chi connectivity index (χ2n) is 4.37. The average molecular weight is 248 g/mol. The van der Waals surface area contributed by atoms with Gasteiger partial charge in [-0.2, -0.15) is 0 Å². The van der Waals surface area contributed by atoms with E-state index in [0.29, 0.717) is 6.04 Å². The van der Waals surface area contributed by atoms with Gasteiger partial charge in [0.1, 0.15) is 5.82 Å². The maximum atomic E-state index is 10.4. The molecule has 0 aliphatic heterocycles. The molecule has 0 saturated carbocycles. The molecule has 1 unspecified atom stereocenters. The lowest BCUT2D eigenvalue weighted by atomic mass is 10.1. The van der Waals surface area contributed by atoms with Crippen molar-refractivity contribution in [2.45, 2.75) is 32.7 Å². The number of carboxylic acids is 1. The van der Waals surface area contributed by atoms with Gasteiger partial charge in [-0.1, -0.05) is 13.3 Å². The summed E-state index contributed by atoms with van der Waals surface area (Å²) in [5.74, 6) is -0.0452. The van der Waals surface area contributed by atoms with E-state index in [0.717, 1.165) is 30.3 Å². The van der Waals surface area contributed by atoms with E-state index in [1.165, 1.54) is 6.08 Å². The van der Waals surface area contributed by atoms with Crippen molar-refractivity contribution in [2.24, 2.45) is 0 Å². The smallest absolute Gasteiger partial charge is 0.328 e. The molecule has 4 nitrogen and oxygen atoms in total. The van der Waals surface area contributed by atoms with Crippen LogP contribution >= 0.6 is 0 Å². The van der Waals surface area contributed by atoms with Crippen LogP contribution in [0, 0.1) is 0 Å². The Bertz CT molecular complexity index is 412. The molecule has 1 rings (SSSR count). The molecule has 98 valence electrons. The second kappa shape index (κ2) is 6.79. The van der Waals surface area contributed by atoms with Crippen molar-refractivity contribution in [3.8, 4) is 0 Å². The number of aromatic nitrogens is 1. The highest BCUT2D eigenvalue weighted by Crippen LogP contribution is 2.15. The van der Waals surface area contributed by atoms with Crippen molar-refractivity contribution in [3.63, 3.8) is 0 Å². The quantitative estimate of drug-likeness (QED) is 0.786. The summed E-state index contributed by atoms with van der Waals surface area (Å²) in [5.41, 5.74) is 0.790. The number of pyridine rings is 1. The summed E-state index contributed by atoms with van der Waals surface area (Å²) in [7, 11) is 2.02. The number of carbonyl (C=O) groups is 1. The van der Waals surface area contributed by atoms with Crippen LogP contribution in [-0.4, -0.2) is 29.1 Å². The Kier molecular flexibility index (Phi) is 5.36. The third-order valence-electron chi connectivity index (χ3n) is 2.92. The minimum atomic E-state index is -0.951. The highest BCUT2D eigenvalue weighted by atomic mass is 16.4. The molecule has 0 amide bonds.